The van der Waals surface area contributed by atoms with Gasteiger partial charge in [0.1, 0.15) is 0 Å². The maximum absolute atomic E-state index is 12.7. The average Bonchev–Trinajstić information content (AvgIpc) is 2.62. The molecule has 1 aromatic rings. The molecule has 1 aliphatic rings. The maximum atomic E-state index is 12.7. The Bertz CT molecular complexity index is 755. The molecule has 0 fully saturated rings. The molecule has 1 unspecified atom stereocenters. The molecule has 7 heteroatoms. The van der Waals surface area contributed by atoms with E-state index in [9.17, 15) is 9.59 Å². The molecule has 1 aliphatic heterocycles. The highest BCUT2D eigenvalue weighted by Gasteiger charge is 2.35. The van der Waals surface area contributed by atoms with Crippen LogP contribution < -0.4 is 20.1 Å². The monoisotopic (exact) mass is 390 g/mol. The van der Waals surface area contributed by atoms with Crippen LogP contribution in [0.2, 0.25) is 0 Å². The number of nitrogens with one attached hydrogen (secondary N) is 2. The molecular weight excluding hydrogens is 360 g/mol. The lowest BCUT2D eigenvalue weighted by Crippen LogP contribution is -2.47. The first-order valence-corrected chi connectivity index (χ1v) is 9.70. The number of carbonyl (C=O) groups is 2. The number of ether oxygens (including phenoxy) is 3. The van der Waals surface area contributed by atoms with Crippen LogP contribution in [-0.2, 0) is 9.53 Å². The molecule has 0 saturated carbocycles. The number of carbonyl (C=O) groups excluding carboxylic acids is 2. The fourth-order valence-electron chi connectivity index (χ4n) is 3.05. The van der Waals surface area contributed by atoms with Crippen molar-refractivity contribution in [3.8, 4) is 11.5 Å². The van der Waals surface area contributed by atoms with Crippen molar-refractivity contribution < 1.29 is 23.8 Å². The van der Waals surface area contributed by atoms with Gasteiger partial charge in [-0.15, -0.1) is 0 Å². The van der Waals surface area contributed by atoms with E-state index in [0.717, 1.165) is 5.56 Å². The topological polar surface area (TPSA) is 85.9 Å². The summed E-state index contributed by atoms with van der Waals surface area (Å²) in [5.41, 5.74) is 1.68. The fraction of sp³-hybridized carbons (Fsp3) is 0.524. The predicted molar refractivity (Wildman–Crippen MR) is 106 cm³/mol. The summed E-state index contributed by atoms with van der Waals surface area (Å²) in [7, 11) is 0. The van der Waals surface area contributed by atoms with E-state index < -0.39 is 12.0 Å². The van der Waals surface area contributed by atoms with E-state index in [2.05, 4.69) is 10.6 Å². The molecule has 2 amide bonds. The molecule has 0 aromatic heterocycles. The van der Waals surface area contributed by atoms with E-state index in [-0.39, 0.29) is 24.7 Å². The molecule has 1 heterocycles. The van der Waals surface area contributed by atoms with Gasteiger partial charge in [-0.25, -0.2) is 9.59 Å². The van der Waals surface area contributed by atoms with Gasteiger partial charge in [-0.1, -0.05) is 19.9 Å². The van der Waals surface area contributed by atoms with Gasteiger partial charge in [0.05, 0.1) is 30.9 Å². The zero-order valence-electron chi connectivity index (χ0n) is 17.4. The van der Waals surface area contributed by atoms with Crippen molar-refractivity contribution in [3.05, 3.63) is 35.0 Å². The van der Waals surface area contributed by atoms with Crippen molar-refractivity contribution in [1.82, 2.24) is 10.6 Å². The molecule has 28 heavy (non-hydrogen) atoms. The van der Waals surface area contributed by atoms with E-state index in [4.69, 9.17) is 14.2 Å². The Hall–Kier alpha value is -2.70. The Labute approximate surface area is 166 Å². The number of hydrogen-bond acceptors (Lipinski definition) is 5. The van der Waals surface area contributed by atoms with Gasteiger partial charge in [0.2, 0.25) is 0 Å². The van der Waals surface area contributed by atoms with Gasteiger partial charge in [0.25, 0.3) is 0 Å². The second-order valence-electron chi connectivity index (χ2n) is 7.04. The molecule has 0 aliphatic carbocycles. The second-order valence-corrected chi connectivity index (χ2v) is 7.04. The number of benzene rings is 1. The standard InChI is InChI=1S/C21H30N2O5/c1-7-26-16-11-14(9-10-15(16)28-13(5)6)19-17(20(24)27-8-2)18(12(3)4)22-21(25)23-19/h9-13,19H,7-8H2,1-6H3,(H2,22,23,25). The van der Waals surface area contributed by atoms with Gasteiger partial charge < -0.3 is 24.8 Å². The van der Waals surface area contributed by atoms with Gasteiger partial charge in [0, 0.05) is 5.70 Å². The van der Waals surface area contributed by atoms with E-state index in [1.54, 1.807) is 19.1 Å². The summed E-state index contributed by atoms with van der Waals surface area (Å²) in [5, 5.41) is 5.59. The van der Waals surface area contributed by atoms with Crippen molar-refractivity contribution in [2.75, 3.05) is 13.2 Å². The quantitative estimate of drug-likeness (QED) is 0.661. The van der Waals surface area contributed by atoms with Crippen LogP contribution in [0.25, 0.3) is 0 Å². The fourth-order valence-corrected chi connectivity index (χ4v) is 3.05. The number of rotatable bonds is 8. The maximum Gasteiger partial charge on any atom is 0.338 e. The highest BCUT2D eigenvalue weighted by molar-refractivity contribution is 5.95. The highest BCUT2D eigenvalue weighted by atomic mass is 16.5. The minimum absolute atomic E-state index is 0.00817. The Morgan fingerprint density at radius 3 is 2.39 bits per heavy atom. The minimum Gasteiger partial charge on any atom is -0.490 e. The zero-order chi connectivity index (χ0) is 20.8. The third kappa shape index (κ3) is 4.97. The average molecular weight is 390 g/mol. The van der Waals surface area contributed by atoms with Gasteiger partial charge in [-0.05, 0) is 51.3 Å². The third-order valence-electron chi connectivity index (χ3n) is 4.14. The Balaban J connectivity index is 2.55. The molecule has 1 aromatic carbocycles. The first kappa shape index (κ1) is 21.6. The first-order chi connectivity index (χ1) is 13.3. The van der Waals surface area contributed by atoms with Crippen molar-refractivity contribution in [1.29, 1.82) is 0 Å². The summed E-state index contributed by atoms with van der Waals surface area (Å²) in [6, 6.07) is 4.43. The molecule has 0 saturated heterocycles. The lowest BCUT2D eigenvalue weighted by molar-refractivity contribution is -0.139. The lowest BCUT2D eigenvalue weighted by atomic mass is 9.91. The molecule has 7 nitrogen and oxygen atoms in total. The molecule has 2 rings (SSSR count). The molecule has 2 N–H and O–H groups in total. The van der Waals surface area contributed by atoms with Crippen molar-refractivity contribution in [2.24, 2.45) is 5.92 Å². The molecular formula is C21H30N2O5. The summed E-state index contributed by atoms with van der Waals surface area (Å²) in [5.74, 6) is 0.675. The molecule has 1 atom stereocenters. The van der Waals surface area contributed by atoms with Crippen LogP contribution in [0.15, 0.2) is 29.5 Å². The van der Waals surface area contributed by atoms with Gasteiger partial charge in [-0.2, -0.15) is 0 Å². The third-order valence-corrected chi connectivity index (χ3v) is 4.14. The van der Waals surface area contributed by atoms with Gasteiger partial charge in [0.15, 0.2) is 11.5 Å². The smallest absolute Gasteiger partial charge is 0.338 e. The molecule has 0 radical (unpaired) electrons. The second kappa shape index (κ2) is 9.48. The normalized spacial score (nSPS) is 16.7. The molecule has 0 spiro atoms. The SMILES string of the molecule is CCOC(=O)C1=C(C(C)C)NC(=O)NC1c1ccc(OC(C)C)c(OCC)c1. The number of amides is 2. The van der Waals surface area contributed by atoms with Crippen molar-refractivity contribution in [2.45, 2.75) is 53.7 Å². The molecule has 0 bridgehead atoms. The number of esters is 1. The number of allylic oxidation sites excluding steroid dienone is 1. The number of hydrogen-bond donors (Lipinski definition) is 2. The van der Waals surface area contributed by atoms with Gasteiger partial charge >= 0.3 is 12.0 Å². The predicted octanol–water partition coefficient (Wildman–Crippen LogP) is 3.70. The highest BCUT2D eigenvalue weighted by Crippen LogP contribution is 2.36. The van der Waals surface area contributed by atoms with E-state index in [1.807, 2.05) is 40.7 Å². The number of urea groups is 1. The van der Waals surface area contributed by atoms with E-state index in [0.29, 0.717) is 29.4 Å². The van der Waals surface area contributed by atoms with Crippen LogP contribution in [0, 0.1) is 5.92 Å². The molecule has 154 valence electrons. The van der Waals surface area contributed by atoms with Crippen LogP contribution in [0.4, 0.5) is 4.79 Å². The zero-order valence-corrected chi connectivity index (χ0v) is 17.4. The van der Waals surface area contributed by atoms with Crippen molar-refractivity contribution in [3.63, 3.8) is 0 Å². The van der Waals surface area contributed by atoms with Crippen LogP contribution in [0.3, 0.4) is 0 Å². The summed E-state index contributed by atoms with van der Waals surface area (Å²) in [4.78, 5) is 24.9. The van der Waals surface area contributed by atoms with Crippen LogP contribution in [-0.4, -0.2) is 31.3 Å². The Morgan fingerprint density at radius 2 is 1.82 bits per heavy atom. The van der Waals surface area contributed by atoms with Gasteiger partial charge in [-0.3, -0.25) is 0 Å². The largest absolute Gasteiger partial charge is 0.490 e. The first-order valence-electron chi connectivity index (χ1n) is 9.70. The summed E-state index contributed by atoms with van der Waals surface area (Å²) in [6.07, 6.45) is -0.00817. The lowest BCUT2D eigenvalue weighted by Gasteiger charge is -2.31. The Kier molecular flexibility index (Phi) is 7.31. The van der Waals surface area contributed by atoms with E-state index >= 15 is 0 Å². The minimum atomic E-state index is -0.641. The summed E-state index contributed by atoms with van der Waals surface area (Å²) in [6.45, 7) is 12.1. The van der Waals surface area contributed by atoms with Crippen LogP contribution in [0.5, 0.6) is 11.5 Å². The summed E-state index contributed by atoms with van der Waals surface area (Å²) < 4.78 is 16.8. The summed E-state index contributed by atoms with van der Waals surface area (Å²) >= 11 is 0. The van der Waals surface area contributed by atoms with Crippen molar-refractivity contribution >= 4 is 12.0 Å². The van der Waals surface area contributed by atoms with E-state index in [1.165, 1.54) is 0 Å². The van der Waals surface area contributed by atoms with Crippen LogP contribution >= 0.6 is 0 Å². The van der Waals surface area contributed by atoms with Crippen LogP contribution in [0.1, 0.15) is 53.1 Å². The Morgan fingerprint density at radius 1 is 1.11 bits per heavy atom.